The van der Waals surface area contributed by atoms with Crippen molar-refractivity contribution in [1.29, 1.82) is 5.26 Å². The normalized spacial score (nSPS) is 12.5. The number of thiol groups is 1. The second-order valence-corrected chi connectivity index (χ2v) is 9.59. The molecule has 3 amide bonds. The van der Waals surface area contributed by atoms with E-state index >= 15 is 0 Å². The maximum Gasteiger partial charge on any atom is 0.408 e. The molecule has 0 aliphatic carbocycles. The standard InChI is InChI=1S/C27H34N4O5S/c1-6-18-7-9-19(10-8-18)23(24(32)29-20-11-13-21(35-5)14-12-20)31(16-15-28)25(33)22(17-37)30-26(34)36-27(2,3)4/h7-14,22-23,37H,6,16-17H2,1-5H3,(H,29,32)(H,30,34). The van der Waals surface area contributed by atoms with E-state index in [-0.39, 0.29) is 5.75 Å². The maximum absolute atomic E-state index is 13.6. The van der Waals surface area contributed by atoms with Gasteiger partial charge in [-0.2, -0.15) is 17.9 Å². The zero-order valence-electron chi connectivity index (χ0n) is 21.8. The summed E-state index contributed by atoms with van der Waals surface area (Å²) in [5, 5.41) is 14.9. The highest BCUT2D eigenvalue weighted by Crippen LogP contribution is 2.26. The van der Waals surface area contributed by atoms with Crippen LogP contribution in [0.1, 0.15) is 44.9 Å². The molecule has 2 unspecified atom stereocenters. The van der Waals surface area contributed by atoms with Crippen LogP contribution in [0.5, 0.6) is 5.75 Å². The van der Waals surface area contributed by atoms with Gasteiger partial charge in [0.15, 0.2) is 0 Å². The van der Waals surface area contributed by atoms with Crippen molar-refractivity contribution in [2.24, 2.45) is 0 Å². The maximum atomic E-state index is 13.6. The molecule has 9 nitrogen and oxygen atoms in total. The van der Waals surface area contributed by atoms with Crippen molar-refractivity contribution in [2.75, 3.05) is 24.7 Å². The van der Waals surface area contributed by atoms with Gasteiger partial charge in [0.05, 0.1) is 13.2 Å². The van der Waals surface area contributed by atoms with E-state index in [9.17, 15) is 19.6 Å². The first kappa shape index (κ1) is 29.5. The fourth-order valence-corrected chi connectivity index (χ4v) is 3.75. The van der Waals surface area contributed by atoms with Crippen LogP contribution in [-0.2, 0) is 20.7 Å². The third kappa shape index (κ3) is 8.72. The molecule has 2 aromatic rings. The number of rotatable bonds is 10. The first-order chi connectivity index (χ1) is 17.5. The third-order valence-electron chi connectivity index (χ3n) is 5.32. The number of anilines is 1. The van der Waals surface area contributed by atoms with E-state index in [1.54, 1.807) is 57.2 Å². The minimum absolute atomic E-state index is 0.0679. The van der Waals surface area contributed by atoms with Crippen LogP contribution in [0.25, 0.3) is 0 Å². The zero-order valence-corrected chi connectivity index (χ0v) is 22.7. The number of benzene rings is 2. The van der Waals surface area contributed by atoms with Gasteiger partial charge < -0.3 is 25.0 Å². The van der Waals surface area contributed by atoms with Crippen LogP contribution in [0.3, 0.4) is 0 Å². The molecule has 2 aromatic carbocycles. The Labute approximate surface area is 223 Å². The monoisotopic (exact) mass is 526 g/mol. The lowest BCUT2D eigenvalue weighted by Crippen LogP contribution is -2.53. The number of ether oxygens (including phenoxy) is 2. The summed E-state index contributed by atoms with van der Waals surface area (Å²) >= 11 is 4.22. The Hall–Kier alpha value is -3.71. The Balaban J connectivity index is 2.43. The van der Waals surface area contributed by atoms with Crippen molar-refractivity contribution in [3.63, 3.8) is 0 Å². The van der Waals surface area contributed by atoms with E-state index in [4.69, 9.17) is 9.47 Å². The number of carbonyl (C=O) groups excluding carboxylic acids is 3. The highest BCUT2D eigenvalue weighted by atomic mass is 32.1. The van der Waals surface area contributed by atoms with Crippen molar-refractivity contribution in [2.45, 2.75) is 51.8 Å². The molecule has 0 aliphatic heterocycles. The largest absolute Gasteiger partial charge is 0.497 e. The molecular weight excluding hydrogens is 492 g/mol. The first-order valence-electron chi connectivity index (χ1n) is 11.8. The van der Waals surface area contributed by atoms with Crippen molar-refractivity contribution >= 4 is 36.2 Å². The van der Waals surface area contributed by atoms with Gasteiger partial charge in [0, 0.05) is 11.4 Å². The van der Waals surface area contributed by atoms with Crippen LogP contribution in [0.15, 0.2) is 48.5 Å². The Kier molecular flexibility index (Phi) is 10.8. The summed E-state index contributed by atoms with van der Waals surface area (Å²) in [6, 6.07) is 13.7. The Morgan fingerprint density at radius 1 is 1.08 bits per heavy atom. The van der Waals surface area contributed by atoms with Crippen molar-refractivity contribution < 1.29 is 23.9 Å². The number of alkyl carbamates (subject to hydrolysis) is 1. The predicted molar refractivity (Wildman–Crippen MR) is 145 cm³/mol. The molecule has 0 aliphatic rings. The minimum atomic E-state index is -1.15. The summed E-state index contributed by atoms with van der Waals surface area (Å²) in [5.74, 6) is -0.609. The van der Waals surface area contributed by atoms with Crippen LogP contribution in [0.4, 0.5) is 10.5 Å². The molecular formula is C27H34N4O5S. The first-order valence-corrected chi connectivity index (χ1v) is 12.5. The molecule has 37 heavy (non-hydrogen) atoms. The predicted octanol–water partition coefficient (Wildman–Crippen LogP) is 4.11. The fraction of sp³-hybridized carbons (Fsp3) is 0.407. The molecule has 0 saturated heterocycles. The number of hydrogen-bond donors (Lipinski definition) is 3. The lowest BCUT2D eigenvalue weighted by atomic mass is 10.0. The number of nitrogens with one attached hydrogen (secondary N) is 2. The van der Waals surface area contributed by atoms with Gasteiger partial charge in [-0.05, 0) is 62.6 Å². The summed E-state index contributed by atoms with van der Waals surface area (Å²) in [6.45, 7) is 6.71. The Morgan fingerprint density at radius 2 is 1.70 bits per heavy atom. The SMILES string of the molecule is CCc1ccc(C(C(=O)Nc2ccc(OC)cc2)N(CC#N)C(=O)C(CS)NC(=O)OC(C)(C)C)cc1. The molecule has 0 bridgehead atoms. The second-order valence-electron chi connectivity index (χ2n) is 9.22. The van der Waals surface area contributed by atoms with Crippen LogP contribution < -0.4 is 15.4 Å². The molecule has 2 atom stereocenters. The van der Waals surface area contributed by atoms with Gasteiger partial charge in [-0.15, -0.1) is 0 Å². The van der Waals surface area contributed by atoms with E-state index in [2.05, 4.69) is 23.3 Å². The molecule has 0 radical (unpaired) electrons. The number of carbonyl (C=O) groups is 3. The average molecular weight is 527 g/mol. The lowest BCUT2D eigenvalue weighted by Gasteiger charge is -2.32. The summed E-state index contributed by atoms with van der Waals surface area (Å²) < 4.78 is 10.4. The van der Waals surface area contributed by atoms with E-state index in [1.165, 1.54) is 7.11 Å². The number of amides is 3. The van der Waals surface area contributed by atoms with Crippen LogP contribution in [0.2, 0.25) is 0 Å². The molecule has 2 N–H and O–H groups in total. The molecule has 0 spiro atoms. The van der Waals surface area contributed by atoms with Crippen LogP contribution >= 0.6 is 12.6 Å². The van der Waals surface area contributed by atoms with Gasteiger partial charge >= 0.3 is 6.09 Å². The number of nitriles is 1. The third-order valence-corrected chi connectivity index (χ3v) is 5.68. The minimum Gasteiger partial charge on any atom is -0.497 e. The molecule has 0 saturated carbocycles. The van der Waals surface area contributed by atoms with Crippen molar-refractivity contribution in [1.82, 2.24) is 10.2 Å². The average Bonchev–Trinajstić information content (AvgIpc) is 2.86. The van der Waals surface area contributed by atoms with Gasteiger partial charge in [0.2, 0.25) is 5.91 Å². The lowest BCUT2D eigenvalue weighted by molar-refractivity contribution is -0.139. The summed E-state index contributed by atoms with van der Waals surface area (Å²) in [6.07, 6.45) is -0.00547. The number of hydrogen-bond acceptors (Lipinski definition) is 7. The van der Waals surface area contributed by atoms with Crippen LogP contribution in [0, 0.1) is 11.3 Å². The van der Waals surface area contributed by atoms with Crippen LogP contribution in [-0.4, -0.2) is 53.9 Å². The second kappa shape index (κ2) is 13.6. The fourth-order valence-electron chi connectivity index (χ4n) is 3.50. The van der Waals surface area contributed by atoms with Gasteiger partial charge in [-0.3, -0.25) is 9.59 Å². The number of aryl methyl sites for hydroxylation is 1. The van der Waals surface area contributed by atoms with Gasteiger partial charge in [-0.25, -0.2) is 4.79 Å². The van der Waals surface area contributed by atoms with E-state index in [0.717, 1.165) is 16.9 Å². The Morgan fingerprint density at radius 3 is 2.19 bits per heavy atom. The van der Waals surface area contributed by atoms with Crippen molar-refractivity contribution in [3.8, 4) is 11.8 Å². The zero-order chi connectivity index (χ0) is 27.6. The van der Waals surface area contributed by atoms with Gasteiger partial charge in [-0.1, -0.05) is 31.2 Å². The molecule has 0 heterocycles. The van der Waals surface area contributed by atoms with E-state index in [0.29, 0.717) is 17.0 Å². The highest BCUT2D eigenvalue weighted by molar-refractivity contribution is 7.80. The molecule has 0 aromatic heterocycles. The van der Waals surface area contributed by atoms with E-state index < -0.39 is 42.1 Å². The Bertz CT molecular complexity index is 1110. The van der Waals surface area contributed by atoms with Crippen molar-refractivity contribution in [3.05, 3.63) is 59.7 Å². The van der Waals surface area contributed by atoms with Gasteiger partial charge in [0.25, 0.3) is 5.91 Å². The molecule has 198 valence electrons. The quantitative estimate of drug-likeness (QED) is 0.316. The number of nitrogens with zero attached hydrogens (tertiary/aromatic N) is 2. The van der Waals surface area contributed by atoms with Gasteiger partial charge in [0.1, 0.15) is 30.0 Å². The smallest absolute Gasteiger partial charge is 0.408 e. The summed E-state index contributed by atoms with van der Waals surface area (Å²) in [4.78, 5) is 40.7. The topological polar surface area (TPSA) is 121 Å². The molecule has 0 fully saturated rings. The highest BCUT2D eigenvalue weighted by Gasteiger charge is 2.36. The van der Waals surface area contributed by atoms with E-state index in [1.807, 2.05) is 25.1 Å². The number of methoxy groups -OCH3 is 1. The summed E-state index contributed by atoms with van der Waals surface area (Å²) in [7, 11) is 1.54. The molecule has 10 heteroatoms. The summed E-state index contributed by atoms with van der Waals surface area (Å²) in [5.41, 5.74) is 1.28. The molecule has 2 rings (SSSR count).